The lowest BCUT2D eigenvalue weighted by molar-refractivity contribution is 0.0993. The highest BCUT2D eigenvalue weighted by Crippen LogP contribution is 2.27. The Morgan fingerprint density at radius 3 is 2.90 bits per heavy atom. The lowest BCUT2D eigenvalue weighted by atomic mass is 10.2. The number of thiazole rings is 1. The molecule has 1 aliphatic rings. The Balaban J connectivity index is 1.73. The summed E-state index contributed by atoms with van der Waals surface area (Å²) in [7, 11) is 0. The molecule has 2 aromatic heterocycles. The van der Waals surface area contributed by atoms with E-state index in [2.05, 4.69) is 15.3 Å². The largest absolute Gasteiger partial charge is 0.375 e. The zero-order valence-corrected chi connectivity index (χ0v) is 11.8. The molecule has 0 aromatic carbocycles. The van der Waals surface area contributed by atoms with Gasteiger partial charge in [0.25, 0.3) is 5.91 Å². The van der Waals surface area contributed by atoms with Crippen molar-refractivity contribution in [3.63, 3.8) is 0 Å². The first kappa shape index (κ1) is 13.7. The average molecular weight is 304 g/mol. The number of hydrogen-bond acceptors (Lipinski definition) is 6. The molecule has 3 heterocycles. The summed E-state index contributed by atoms with van der Waals surface area (Å²) >= 11 is 1.40. The van der Waals surface area contributed by atoms with Gasteiger partial charge in [0.2, 0.25) is 5.91 Å². The maximum absolute atomic E-state index is 12.1. The van der Waals surface area contributed by atoms with Gasteiger partial charge in [0.15, 0.2) is 5.13 Å². The normalized spacial score (nSPS) is 13.5. The molecule has 0 unspecified atom stereocenters. The number of pyridine rings is 1. The highest BCUT2D eigenvalue weighted by Gasteiger charge is 2.17. The highest BCUT2D eigenvalue weighted by molar-refractivity contribution is 7.15. The van der Waals surface area contributed by atoms with Crippen LogP contribution >= 0.6 is 11.3 Å². The third kappa shape index (κ3) is 2.91. The minimum absolute atomic E-state index is 0.199. The van der Waals surface area contributed by atoms with Gasteiger partial charge in [-0.15, -0.1) is 0 Å². The van der Waals surface area contributed by atoms with Crippen LogP contribution in [0.3, 0.4) is 0 Å². The van der Waals surface area contributed by atoms with Crippen molar-refractivity contribution in [1.82, 2.24) is 9.97 Å². The zero-order valence-electron chi connectivity index (χ0n) is 11.0. The van der Waals surface area contributed by atoms with Gasteiger partial charge in [0.05, 0.1) is 29.3 Å². The Bertz CT molecular complexity index is 672. The smallest absolute Gasteiger partial charge is 0.276 e. The Morgan fingerprint density at radius 1 is 1.38 bits per heavy atom. The summed E-state index contributed by atoms with van der Waals surface area (Å²) in [5.74, 6) is -0.958. The lowest BCUT2D eigenvalue weighted by Crippen LogP contribution is -2.16. The van der Waals surface area contributed by atoms with E-state index in [-0.39, 0.29) is 17.2 Å². The molecule has 8 heteroatoms. The molecule has 0 saturated carbocycles. The molecule has 0 radical (unpaired) electrons. The second-order valence-electron chi connectivity index (χ2n) is 4.44. The number of aromatic nitrogens is 2. The van der Waals surface area contributed by atoms with E-state index in [1.807, 2.05) is 0 Å². The summed E-state index contributed by atoms with van der Waals surface area (Å²) in [6.07, 6.45) is 2.03. The summed E-state index contributed by atoms with van der Waals surface area (Å²) < 4.78 is 5.34. The van der Waals surface area contributed by atoms with Crippen molar-refractivity contribution < 1.29 is 14.3 Å². The molecule has 0 spiro atoms. The fraction of sp³-hybridized carbons (Fsp3) is 0.231. The van der Waals surface area contributed by atoms with E-state index < -0.39 is 5.91 Å². The first-order valence-electron chi connectivity index (χ1n) is 6.27. The zero-order chi connectivity index (χ0) is 14.8. The Morgan fingerprint density at radius 2 is 2.24 bits per heavy atom. The number of ether oxygens (including phenoxy) is 1. The van der Waals surface area contributed by atoms with Crippen molar-refractivity contribution >= 4 is 28.3 Å². The van der Waals surface area contributed by atoms with Gasteiger partial charge in [-0.3, -0.25) is 19.9 Å². The van der Waals surface area contributed by atoms with Crippen molar-refractivity contribution in [1.29, 1.82) is 0 Å². The van der Waals surface area contributed by atoms with Crippen LogP contribution in [0.1, 0.15) is 31.4 Å². The highest BCUT2D eigenvalue weighted by atomic mass is 32.1. The molecule has 0 saturated heterocycles. The molecule has 2 aromatic rings. The van der Waals surface area contributed by atoms with Gasteiger partial charge >= 0.3 is 0 Å². The second-order valence-corrected chi connectivity index (χ2v) is 5.53. The van der Waals surface area contributed by atoms with Gasteiger partial charge < -0.3 is 10.5 Å². The van der Waals surface area contributed by atoms with Crippen molar-refractivity contribution in [3.05, 3.63) is 40.2 Å². The van der Waals surface area contributed by atoms with E-state index in [1.54, 1.807) is 0 Å². The number of nitrogens with zero attached hydrogens (tertiary/aromatic N) is 2. The topological polar surface area (TPSA) is 107 Å². The quantitative estimate of drug-likeness (QED) is 0.878. The summed E-state index contributed by atoms with van der Waals surface area (Å²) in [6.45, 7) is 1.19. The van der Waals surface area contributed by atoms with Crippen LogP contribution in [0.5, 0.6) is 0 Å². The average Bonchev–Trinajstić information content (AvgIpc) is 2.89. The molecule has 0 aliphatic carbocycles. The van der Waals surface area contributed by atoms with Crippen molar-refractivity contribution in [3.8, 4) is 0 Å². The maximum Gasteiger partial charge on any atom is 0.276 e. The van der Waals surface area contributed by atoms with Crippen LogP contribution in [0, 0.1) is 0 Å². The summed E-state index contributed by atoms with van der Waals surface area (Å²) in [6, 6.07) is 2.91. The Kier molecular flexibility index (Phi) is 3.63. The lowest BCUT2D eigenvalue weighted by Gasteiger charge is -2.08. The van der Waals surface area contributed by atoms with E-state index in [0.29, 0.717) is 18.3 Å². The molecule has 21 heavy (non-hydrogen) atoms. The van der Waals surface area contributed by atoms with Gasteiger partial charge in [-0.25, -0.2) is 4.98 Å². The van der Waals surface area contributed by atoms with Crippen LogP contribution in [-0.2, 0) is 17.8 Å². The first-order chi connectivity index (χ1) is 10.1. The molecule has 108 valence electrons. The summed E-state index contributed by atoms with van der Waals surface area (Å²) in [4.78, 5) is 32.3. The number of nitrogens with two attached hydrogens (primary N) is 1. The SMILES string of the molecule is NC(=O)c1ccc(C(=O)Nc2nc3c(s2)COCC3)nc1. The third-order valence-corrected chi connectivity index (χ3v) is 3.98. The van der Waals surface area contributed by atoms with Gasteiger partial charge in [0.1, 0.15) is 5.69 Å². The number of carbonyl (C=O) groups is 2. The number of hydrogen-bond donors (Lipinski definition) is 2. The van der Waals surface area contributed by atoms with Crippen LogP contribution in [-0.4, -0.2) is 28.4 Å². The number of carbonyl (C=O) groups excluding carboxylic acids is 2. The molecule has 3 rings (SSSR count). The Labute approximate surface area is 124 Å². The minimum Gasteiger partial charge on any atom is -0.375 e. The number of rotatable bonds is 3. The van der Waals surface area contributed by atoms with E-state index in [1.165, 1.54) is 29.7 Å². The molecule has 7 nitrogen and oxygen atoms in total. The van der Waals surface area contributed by atoms with Gasteiger partial charge in [-0.1, -0.05) is 11.3 Å². The van der Waals surface area contributed by atoms with E-state index in [0.717, 1.165) is 17.0 Å². The number of amides is 2. The van der Waals surface area contributed by atoms with Crippen molar-refractivity contribution in [2.75, 3.05) is 11.9 Å². The number of primary amides is 1. The van der Waals surface area contributed by atoms with Crippen LogP contribution in [0.15, 0.2) is 18.3 Å². The summed E-state index contributed by atoms with van der Waals surface area (Å²) in [5, 5.41) is 3.22. The van der Waals surface area contributed by atoms with Crippen LogP contribution in [0.25, 0.3) is 0 Å². The molecular weight excluding hydrogens is 292 g/mol. The van der Waals surface area contributed by atoms with Crippen LogP contribution in [0.2, 0.25) is 0 Å². The standard InChI is InChI=1S/C13H12N4O3S/c14-11(18)7-1-2-9(15-5-7)12(19)17-13-16-8-3-4-20-6-10(8)21-13/h1-2,5H,3-4,6H2,(H2,14,18)(H,16,17,19). The predicted molar refractivity (Wildman–Crippen MR) is 76.2 cm³/mol. The molecule has 1 aliphatic heterocycles. The fourth-order valence-electron chi connectivity index (χ4n) is 1.91. The number of anilines is 1. The van der Waals surface area contributed by atoms with E-state index >= 15 is 0 Å². The number of fused-ring (bicyclic) bond motifs is 1. The van der Waals surface area contributed by atoms with Crippen LogP contribution < -0.4 is 11.1 Å². The fourth-order valence-corrected chi connectivity index (χ4v) is 2.85. The molecule has 2 amide bonds. The third-order valence-electron chi connectivity index (χ3n) is 3.00. The first-order valence-corrected chi connectivity index (χ1v) is 7.08. The van der Waals surface area contributed by atoms with Crippen molar-refractivity contribution in [2.45, 2.75) is 13.0 Å². The van der Waals surface area contributed by atoms with Crippen molar-refractivity contribution in [2.24, 2.45) is 5.73 Å². The van der Waals surface area contributed by atoms with Gasteiger partial charge in [-0.05, 0) is 12.1 Å². The van der Waals surface area contributed by atoms with E-state index in [9.17, 15) is 9.59 Å². The summed E-state index contributed by atoms with van der Waals surface area (Å²) in [5.41, 5.74) is 6.55. The Hall–Kier alpha value is -2.32. The molecular formula is C13H12N4O3S. The second kappa shape index (κ2) is 5.58. The molecule has 0 bridgehead atoms. The minimum atomic E-state index is -0.581. The van der Waals surface area contributed by atoms with E-state index in [4.69, 9.17) is 10.5 Å². The molecule has 0 fully saturated rings. The van der Waals surface area contributed by atoms with Gasteiger partial charge in [-0.2, -0.15) is 0 Å². The number of nitrogens with one attached hydrogen (secondary N) is 1. The molecule has 0 atom stereocenters. The van der Waals surface area contributed by atoms with Gasteiger partial charge in [0, 0.05) is 12.6 Å². The van der Waals surface area contributed by atoms with Crippen LogP contribution in [0.4, 0.5) is 5.13 Å². The molecule has 3 N–H and O–H groups in total. The maximum atomic E-state index is 12.1. The monoisotopic (exact) mass is 304 g/mol. The predicted octanol–water partition coefficient (Wildman–Crippen LogP) is 0.962.